The molecule has 3 N–H and O–H groups in total. The first-order chi connectivity index (χ1) is 18.9. The van der Waals surface area contributed by atoms with Gasteiger partial charge in [0.15, 0.2) is 0 Å². The van der Waals surface area contributed by atoms with Crippen molar-refractivity contribution in [1.82, 2.24) is 15.5 Å². The Morgan fingerprint density at radius 2 is 1.68 bits per heavy atom. The summed E-state index contributed by atoms with van der Waals surface area (Å²) in [6, 6.07) is 16.9. The van der Waals surface area contributed by atoms with Crippen molar-refractivity contribution in [2.75, 3.05) is 26.2 Å². The molecule has 2 aliphatic heterocycles. The second-order valence-electron chi connectivity index (χ2n) is 10.8. The Kier molecular flexibility index (Phi) is 8.82. The summed E-state index contributed by atoms with van der Waals surface area (Å²) in [6.07, 6.45) is -2.60. The van der Waals surface area contributed by atoms with Crippen LogP contribution in [0, 0.1) is 17.2 Å². The van der Waals surface area contributed by atoms with Crippen LogP contribution >= 0.6 is 0 Å². The number of carbonyl (C=O) groups excluding carboxylic acids is 2. The summed E-state index contributed by atoms with van der Waals surface area (Å²) < 4.78 is 45.1. The van der Waals surface area contributed by atoms with Gasteiger partial charge in [0.2, 0.25) is 11.8 Å². The van der Waals surface area contributed by atoms with E-state index in [-0.39, 0.29) is 35.5 Å². The minimum absolute atomic E-state index is 0.0638. The van der Waals surface area contributed by atoms with Crippen molar-refractivity contribution in [3.05, 3.63) is 71.5 Å². The summed E-state index contributed by atoms with van der Waals surface area (Å²) in [4.78, 5) is 36.8. The normalized spacial score (nSPS) is 24.4. The fraction of sp³-hybridized carbons (Fsp3) is 0.483. The molecule has 11 heteroatoms. The summed E-state index contributed by atoms with van der Waals surface area (Å²) in [6.45, 7) is 5.10. The SMILES string of the molecule is C[C@@H](CN1CCC2(CC1)C(=O)NC[C@H]2c1ccc(F)cc1)NC(=O)C1CC1c1ccccc1.O=C(O)C(F)(F)F. The number of nitrogens with one attached hydrogen (secondary N) is 2. The van der Waals surface area contributed by atoms with Gasteiger partial charge in [0.1, 0.15) is 5.82 Å². The van der Waals surface area contributed by atoms with Gasteiger partial charge >= 0.3 is 12.1 Å². The molecule has 2 aromatic carbocycles. The molecule has 4 atom stereocenters. The van der Waals surface area contributed by atoms with E-state index >= 15 is 0 Å². The van der Waals surface area contributed by atoms with Crippen molar-refractivity contribution in [3.8, 4) is 0 Å². The number of halogens is 4. The zero-order valence-electron chi connectivity index (χ0n) is 22.1. The highest BCUT2D eigenvalue weighted by Crippen LogP contribution is 2.48. The highest BCUT2D eigenvalue weighted by Gasteiger charge is 2.52. The monoisotopic (exact) mass is 563 g/mol. The molecule has 2 amide bonds. The van der Waals surface area contributed by atoms with Crippen LogP contribution in [-0.4, -0.2) is 66.2 Å². The Hall–Kier alpha value is -3.47. The average molecular weight is 564 g/mol. The lowest BCUT2D eigenvalue weighted by molar-refractivity contribution is -0.192. The second-order valence-corrected chi connectivity index (χ2v) is 10.8. The summed E-state index contributed by atoms with van der Waals surface area (Å²) in [7, 11) is 0. The van der Waals surface area contributed by atoms with E-state index in [1.807, 2.05) is 30.3 Å². The van der Waals surface area contributed by atoms with Crippen LogP contribution in [0.2, 0.25) is 0 Å². The van der Waals surface area contributed by atoms with Crippen molar-refractivity contribution >= 4 is 17.8 Å². The van der Waals surface area contributed by atoms with Crippen LogP contribution in [0.1, 0.15) is 49.1 Å². The molecule has 0 bridgehead atoms. The summed E-state index contributed by atoms with van der Waals surface area (Å²) in [5, 5.41) is 13.4. The Bertz CT molecular complexity index is 1200. The third-order valence-corrected chi connectivity index (χ3v) is 8.12. The van der Waals surface area contributed by atoms with Crippen LogP contribution in [0.25, 0.3) is 0 Å². The zero-order valence-corrected chi connectivity index (χ0v) is 22.1. The van der Waals surface area contributed by atoms with E-state index in [1.165, 1.54) is 17.7 Å². The smallest absolute Gasteiger partial charge is 0.475 e. The van der Waals surface area contributed by atoms with Crippen molar-refractivity contribution in [3.63, 3.8) is 0 Å². The molecule has 0 aromatic heterocycles. The third kappa shape index (κ3) is 6.80. The molecule has 2 aromatic rings. The first-order valence-corrected chi connectivity index (χ1v) is 13.3. The second kappa shape index (κ2) is 12.0. The maximum Gasteiger partial charge on any atom is 0.490 e. The predicted octanol–water partition coefficient (Wildman–Crippen LogP) is 4.06. The van der Waals surface area contributed by atoms with Crippen LogP contribution in [0.15, 0.2) is 54.6 Å². The number of carboxylic acids is 1. The Morgan fingerprint density at radius 1 is 1.07 bits per heavy atom. The maximum absolute atomic E-state index is 13.4. The quantitative estimate of drug-likeness (QED) is 0.461. The fourth-order valence-corrected chi connectivity index (χ4v) is 5.90. The van der Waals surface area contributed by atoms with Gasteiger partial charge < -0.3 is 20.6 Å². The molecule has 1 saturated carbocycles. The minimum Gasteiger partial charge on any atom is -0.475 e. The number of alkyl halides is 3. The standard InChI is InChI=1S/C27H32FN3O2.C2HF3O2/c1-18(30-25(32)23-15-22(23)19-5-3-2-4-6-19)17-31-13-11-27(12-14-31)24(16-29-26(27)33)20-7-9-21(28)10-8-20;3-2(4,5)1(6)7/h2-10,18,22-24H,11-17H2,1H3,(H,29,33)(H,30,32);(H,6,7)/t18-,22?,23?,24-;/m0./s1. The summed E-state index contributed by atoms with van der Waals surface area (Å²) in [5.41, 5.74) is 1.86. The van der Waals surface area contributed by atoms with Gasteiger partial charge in [-0.25, -0.2) is 9.18 Å². The van der Waals surface area contributed by atoms with Crippen LogP contribution in [0.3, 0.4) is 0 Å². The molecule has 3 fully saturated rings. The summed E-state index contributed by atoms with van der Waals surface area (Å²) in [5.74, 6) is -2.23. The first-order valence-electron chi connectivity index (χ1n) is 13.3. The van der Waals surface area contributed by atoms with Crippen molar-refractivity contribution < 1.29 is 37.1 Å². The predicted molar refractivity (Wildman–Crippen MR) is 139 cm³/mol. The van der Waals surface area contributed by atoms with Crippen LogP contribution in [0.5, 0.6) is 0 Å². The zero-order chi connectivity index (χ0) is 29.1. The van der Waals surface area contributed by atoms with Gasteiger partial charge in [0.05, 0.1) is 5.41 Å². The number of nitrogens with zero attached hydrogens (tertiary/aromatic N) is 1. The van der Waals surface area contributed by atoms with Crippen LogP contribution in [-0.2, 0) is 14.4 Å². The number of hydrogen-bond donors (Lipinski definition) is 3. The molecule has 40 heavy (non-hydrogen) atoms. The molecule has 2 heterocycles. The lowest BCUT2D eigenvalue weighted by Crippen LogP contribution is -2.50. The third-order valence-electron chi connectivity index (χ3n) is 8.12. The number of hydrogen-bond acceptors (Lipinski definition) is 4. The number of benzene rings is 2. The van der Waals surface area contributed by atoms with E-state index in [0.29, 0.717) is 12.5 Å². The van der Waals surface area contributed by atoms with Crippen molar-refractivity contribution in [1.29, 1.82) is 0 Å². The number of likely N-dealkylation sites (tertiary alicyclic amines) is 1. The number of aliphatic carboxylic acids is 1. The number of amides is 2. The van der Waals surface area contributed by atoms with Crippen molar-refractivity contribution in [2.24, 2.45) is 11.3 Å². The van der Waals surface area contributed by atoms with E-state index in [4.69, 9.17) is 9.90 Å². The molecule has 0 radical (unpaired) electrons. The van der Waals surface area contributed by atoms with E-state index in [1.54, 1.807) is 0 Å². The number of piperidine rings is 1. The highest BCUT2D eigenvalue weighted by atomic mass is 19.4. The van der Waals surface area contributed by atoms with Gasteiger partial charge in [0, 0.05) is 31.0 Å². The van der Waals surface area contributed by atoms with E-state index < -0.39 is 17.6 Å². The molecule has 3 aliphatic rings. The number of carboxylic acid groups (broad SMARTS) is 1. The van der Waals surface area contributed by atoms with Crippen LogP contribution < -0.4 is 10.6 Å². The van der Waals surface area contributed by atoms with E-state index in [2.05, 4.69) is 34.6 Å². The van der Waals surface area contributed by atoms with E-state index in [0.717, 1.165) is 44.5 Å². The fourth-order valence-electron chi connectivity index (χ4n) is 5.90. The Labute approximate surface area is 229 Å². The number of rotatable bonds is 6. The molecule has 2 unspecified atom stereocenters. The van der Waals surface area contributed by atoms with Gasteiger partial charge in [-0.1, -0.05) is 42.5 Å². The molecular formula is C29H33F4N3O4. The van der Waals surface area contributed by atoms with Gasteiger partial charge in [0.25, 0.3) is 0 Å². The molecule has 7 nitrogen and oxygen atoms in total. The molecule has 2 saturated heterocycles. The topological polar surface area (TPSA) is 98.7 Å². The van der Waals surface area contributed by atoms with Gasteiger partial charge in [-0.2, -0.15) is 13.2 Å². The molecule has 216 valence electrons. The van der Waals surface area contributed by atoms with Crippen molar-refractivity contribution in [2.45, 2.75) is 50.2 Å². The van der Waals surface area contributed by atoms with E-state index in [9.17, 15) is 27.2 Å². The average Bonchev–Trinajstić information content (AvgIpc) is 3.66. The lowest BCUT2D eigenvalue weighted by atomic mass is 9.68. The maximum atomic E-state index is 13.4. The first kappa shape index (κ1) is 29.5. The Morgan fingerprint density at radius 3 is 2.25 bits per heavy atom. The summed E-state index contributed by atoms with van der Waals surface area (Å²) >= 11 is 0. The van der Waals surface area contributed by atoms with Gasteiger partial charge in [-0.3, -0.25) is 9.59 Å². The van der Waals surface area contributed by atoms with Gasteiger partial charge in [-0.05, 0) is 68.5 Å². The molecule has 1 aliphatic carbocycles. The molecule has 1 spiro atoms. The minimum atomic E-state index is -5.08. The number of carbonyl (C=O) groups is 3. The molecular weight excluding hydrogens is 530 g/mol. The Balaban J connectivity index is 0.000000470. The van der Waals surface area contributed by atoms with Crippen LogP contribution in [0.4, 0.5) is 17.6 Å². The largest absolute Gasteiger partial charge is 0.490 e. The van der Waals surface area contributed by atoms with Gasteiger partial charge in [-0.15, -0.1) is 0 Å². The molecule has 5 rings (SSSR count). The highest BCUT2D eigenvalue weighted by molar-refractivity contribution is 5.86. The lowest BCUT2D eigenvalue weighted by Gasteiger charge is -2.41.